The van der Waals surface area contributed by atoms with Crippen LogP contribution in [0.5, 0.6) is 0 Å². The van der Waals surface area contributed by atoms with Crippen LogP contribution in [0.1, 0.15) is 16.1 Å². The number of carbonyl (C=O) groups excluding carboxylic acids is 1. The highest BCUT2D eigenvalue weighted by Gasteiger charge is 2.05. The second kappa shape index (κ2) is 5.42. The lowest BCUT2D eigenvalue weighted by molar-refractivity contribution is 0.0508. The topological polar surface area (TPSA) is 39.2 Å². The van der Waals surface area contributed by atoms with E-state index < -0.39 is 0 Å². The van der Waals surface area contributed by atoms with Crippen LogP contribution in [-0.4, -0.2) is 17.6 Å². The maximum atomic E-state index is 11.5. The number of hydrogen-bond acceptors (Lipinski definition) is 4. The van der Waals surface area contributed by atoms with E-state index in [1.807, 2.05) is 23.6 Å². The summed E-state index contributed by atoms with van der Waals surface area (Å²) in [4.78, 5) is 15.6. The third kappa shape index (κ3) is 2.90. The molecule has 0 aliphatic rings. The molecule has 0 saturated carbocycles. The molecule has 0 atom stereocenters. The van der Waals surface area contributed by atoms with Gasteiger partial charge in [-0.1, -0.05) is 18.2 Å². The number of benzene rings is 1. The van der Waals surface area contributed by atoms with Crippen LogP contribution in [0.25, 0.3) is 0 Å². The average molecular weight is 233 g/mol. The SMILES string of the molecule is O=C(OCCc1cscn1)c1ccccc1. The monoisotopic (exact) mass is 233 g/mol. The molecular formula is C12H11NO2S. The molecule has 4 heteroatoms. The highest BCUT2D eigenvalue weighted by molar-refractivity contribution is 7.07. The Morgan fingerprint density at radius 1 is 1.31 bits per heavy atom. The maximum Gasteiger partial charge on any atom is 0.338 e. The van der Waals surface area contributed by atoms with Crippen molar-refractivity contribution in [2.45, 2.75) is 6.42 Å². The van der Waals surface area contributed by atoms with Gasteiger partial charge in [0.2, 0.25) is 0 Å². The molecule has 82 valence electrons. The van der Waals surface area contributed by atoms with Gasteiger partial charge in [0, 0.05) is 11.8 Å². The van der Waals surface area contributed by atoms with Gasteiger partial charge >= 0.3 is 5.97 Å². The van der Waals surface area contributed by atoms with E-state index >= 15 is 0 Å². The summed E-state index contributed by atoms with van der Waals surface area (Å²) in [7, 11) is 0. The second-order valence-electron chi connectivity index (χ2n) is 3.23. The Kier molecular flexibility index (Phi) is 3.66. The zero-order chi connectivity index (χ0) is 11.2. The summed E-state index contributed by atoms with van der Waals surface area (Å²) in [6, 6.07) is 8.98. The van der Waals surface area contributed by atoms with Crippen molar-refractivity contribution in [2.24, 2.45) is 0 Å². The lowest BCUT2D eigenvalue weighted by atomic mass is 10.2. The minimum absolute atomic E-state index is 0.282. The molecule has 0 spiro atoms. The fraction of sp³-hybridized carbons (Fsp3) is 0.167. The first-order valence-corrected chi connectivity index (χ1v) is 5.90. The van der Waals surface area contributed by atoms with Gasteiger partial charge < -0.3 is 4.74 Å². The first-order chi connectivity index (χ1) is 7.86. The van der Waals surface area contributed by atoms with Gasteiger partial charge in [-0.15, -0.1) is 11.3 Å². The summed E-state index contributed by atoms with van der Waals surface area (Å²) in [5, 5.41) is 1.95. The number of esters is 1. The minimum atomic E-state index is -0.282. The number of hydrogen-bond donors (Lipinski definition) is 0. The molecule has 1 heterocycles. The standard InChI is InChI=1S/C12H11NO2S/c14-12(10-4-2-1-3-5-10)15-7-6-11-8-16-9-13-11/h1-5,8-9H,6-7H2. The highest BCUT2D eigenvalue weighted by atomic mass is 32.1. The van der Waals surface area contributed by atoms with Crippen LogP contribution in [0, 0.1) is 0 Å². The van der Waals surface area contributed by atoms with Crippen molar-refractivity contribution in [1.82, 2.24) is 4.98 Å². The van der Waals surface area contributed by atoms with Crippen molar-refractivity contribution < 1.29 is 9.53 Å². The molecule has 0 bridgehead atoms. The minimum Gasteiger partial charge on any atom is -0.462 e. The lowest BCUT2D eigenvalue weighted by Crippen LogP contribution is -2.08. The van der Waals surface area contributed by atoms with Crippen LogP contribution in [0.4, 0.5) is 0 Å². The zero-order valence-electron chi connectivity index (χ0n) is 8.63. The van der Waals surface area contributed by atoms with Gasteiger partial charge in [-0.25, -0.2) is 9.78 Å². The molecule has 0 amide bonds. The van der Waals surface area contributed by atoms with Crippen LogP contribution in [0.3, 0.4) is 0 Å². The Hall–Kier alpha value is -1.68. The third-order valence-corrected chi connectivity index (χ3v) is 2.72. The lowest BCUT2D eigenvalue weighted by Gasteiger charge is -2.02. The van der Waals surface area contributed by atoms with E-state index in [0.29, 0.717) is 18.6 Å². The van der Waals surface area contributed by atoms with E-state index in [1.165, 1.54) is 0 Å². The molecule has 0 aliphatic heterocycles. The van der Waals surface area contributed by atoms with Crippen LogP contribution in [-0.2, 0) is 11.2 Å². The first kappa shape index (κ1) is 10.8. The molecule has 3 nitrogen and oxygen atoms in total. The highest BCUT2D eigenvalue weighted by Crippen LogP contribution is 2.04. The van der Waals surface area contributed by atoms with Crippen molar-refractivity contribution in [1.29, 1.82) is 0 Å². The molecule has 1 aromatic carbocycles. The number of rotatable bonds is 4. The summed E-state index contributed by atoms with van der Waals surface area (Å²) in [5.41, 5.74) is 3.32. The molecule has 0 fully saturated rings. The van der Waals surface area contributed by atoms with E-state index in [-0.39, 0.29) is 5.97 Å². The average Bonchev–Trinajstić information content (AvgIpc) is 2.83. The van der Waals surface area contributed by atoms with Crippen LogP contribution in [0.2, 0.25) is 0 Å². The van der Waals surface area contributed by atoms with E-state index in [4.69, 9.17) is 4.74 Å². The molecule has 0 aliphatic carbocycles. The first-order valence-electron chi connectivity index (χ1n) is 4.95. The molecule has 0 unspecified atom stereocenters. The Labute approximate surface area is 97.7 Å². The second-order valence-corrected chi connectivity index (χ2v) is 3.95. The molecule has 16 heavy (non-hydrogen) atoms. The number of aromatic nitrogens is 1. The van der Waals surface area contributed by atoms with Crippen molar-refractivity contribution in [2.75, 3.05) is 6.61 Å². The van der Waals surface area contributed by atoms with Crippen molar-refractivity contribution in [3.05, 3.63) is 52.5 Å². The number of carbonyl (C=O) groups is 1. The molecule has 2 rings (SSSR count). The molecular weight excluding hydrogens is 222 g/mol. The van der Waals surface area contributed by atoms with Gasteiger partial charge in [-0.3, -0.25) is 0 Å². The predicted molar refractivity (Wildman–Crippen MR) is 62.5 cm³/mol. The predicted octanol–water partition coefficient (Wildman–Crippen LogP) is 2.54. The van der Waals surface area contributed by atoms with Gasteiger partial charge in [-0.2, -0.15) is 0 Å². The number of ether oxygens (including phenoxy) is 1. The Bertz CT molecular complexity index is 439. The quantitative estimate of drug-likeness (QED) is 0.762. The van der Waals surface area contributed by atoms with Crippen molar-refractivity contribution in [3.63, 3.8) is 0 Å². The van der Waals surface area contributed by atoms with Gasteiger partial charge in [0.1, 0.15) is 0 Å². The van der Waals surface area contributed by atoms with E-state index in [0.717, 1.165) is 5.69 Å². The number of thiazole rings is 1. The molecule has 1 aromatic heterocycles. The zero-order valence-corrected chi connectivity index (χ0v) is 9.44. The summed E-state index contributed by atoms with van der Waals surface area (Å²) in [6.07, 6.45) is 0.669. The molecule has 2 aromatic rings. The van der Waals surface area contributed by atoms with E-state index in [2.05, 4.69) is 4.98 Å². The van der Waals surface area contributed by atoms with Gasteiger partial charge in [0.05, 0.1) is 23.4 Å². The van der Waals surface area contributed by atoms with Gasteiger partial charge in [0.15, 0.2) is 0 Å². The summed E-state index contributed by atoms with van der Waals surface area (Å²) < 4.78 is 5.13. The summed E-state index contributed by atoms with van der Waals surface area (Å²) in [6.45, 7) is 0.372. The fourth-order valence-electron chi connectivity index (χ4n) is 1.27. The van der Waals surface area contributed by atoms with Crippen LogP contribution in [0.15, 0.2) is 41.2 Å². The van der Waals surface area contributed by atoms with Crippen LogP contribution >= 0.6 is 11.3 Å². The van der Waals surface area contributed by atoms with Crippen LogP contribution < -0.4 is 0 Å². The van der Waals surface area contributed by atoms with Gasteiger partial charge in [0.25, 0.3) is 0 Å². The normalized spacial score (nSPS) is 10.0. The number of nitrogens with zero attached hydrogens (tertiary/aromatic N) is 1. The fourth-order valence-corrected chi connectivity index (χ4v) is 1.86. The molecule has 0 saturated heterocycles. The Balaban J connectivity index is 1.81. The summed E-state index contributed by atoms with van der Waals surface area (Å²) in [5.74, 6) is -0.282. The van der Waals surface area contributed by atoms with Crippen molar-refractivity contribution >= 4 is 17.3 Å². The van der Waals surface area contributed by atoms with Gasteiger partial charge in [-0.05, 0) is 12.1 Å². The largest absolute Gasteiger partial charge is 0.462 e. The Morgan fingerprint density at radius 2 is 2.12 bits per heavy atom. The molecule has 0 radical (unpaired) electrons. The maximum absolute atomic E-state index is 11.5. The van der Waals surface area contributed by atoms with E-state index in [1.54, 1.807) is 29.0 Å². The van der Waals surface area contributed by atoms with Crippen molar-refractivity contribution in [3.8, 4) is 0 Å². The van der Waals surface area contributed by atoms with E-state index in [9.17, 15) is 4.79 Å². The molecule has 0 N–H and O–H groups in total. The smallest absolute Gasteiger partial charge is 0.338 e. The summed E-state index contributed by atoms with van der Waals surface area (Å²) >= 11 is 1.54. The Morgan fingerprint density at radius 3 is 2.81 bits per heavy atom. The third-order valence-electron chi connectivity index (χ3n) is 2.08.